The van der Waals surface area contributed by atoms with Gasteiger partial charge >= 0.3 is 17.9 Å². The second kappa shape index (κ2) is 60.1. The molecule has 1 atom stereocenters. The number of hydrogen-bond acceptors (Lipinski definition) is 6. The van der Waals surface area contributed by atoms with Gasteiger partial charge in [-0.3, -0.25) is 14.4 Å². The first-order chi connectivity index (χ1) is 35.5. The maximum absolute atomic E-state index is 12.9. The van der Waals surface area contributed by atoms with Gasteiger partial charge in [-0.15, -0.1) is 0 Å². The summed E-state index contributed by atoms with van der Waals surface area (Å²) in [5.41, 5.74) is 0. The smallest absolute Gasteiger partial charge is 0.309 e. The Morgan fingerprint density at radius 3 is 1.00 bits per heavy atom. The van der Waals surface area contributed by atoms with E-state index >= 15 is 0 Å². The molecule has 0 aromatic carbocycles. The largest absolute Gasteiger partial charge is 0.462 e. The van der Waals surface area contributed by atoms with Gasteiger partial charge in [0.1, 0.15) is 13.2 Å². The number of esters is 3. The number of ether oxygens (including phenoxy) is 3. The van der Waals surface area contributed by atoms with E-state index in [0.29, 0.717) is 12.8 Å². The van der Waals surface area contributed by atoms with Gasteiger partial charge in [-0.2, -0.15) is 0 Å². The Kier molecular flexibility index (Phi) is 57.3. The van der Waals surface area contributed by atoms with E-state index in [-0.39, 0.29) is 31.6 Å². The lowest BCUT2D eigenvalue weighted by Crippen LogP contribution is -2.30. The summed E-state index contributed by atoms with van der Waals surface area (Å²) in [6.07, 6.45) is 78.9. The van der Waals surface area contributed by atoms with E-state index in [1.54, 1.807) is 6.08 Å². The van der Waals surface area contributed by atoms with Gasteiger partial charge in [-0.05, 0) is 77.0 Å². The molecule has 0 fully saturated rings. The lowest BCUT2D eigenvalue weighted by atomic mass is 10.0. The second-order valence-corrected chi connectivity index (χ2v) is 20.3. The van der Waals surface area contributed by atoms with Gasteiger partial charge in [0.05, 0.1) is 6.42 Å². The van der Waals surface area contributed by atoms with E-state index in [0.717, 1.165) is 77.0 Å². The number of hydrogen-bond donors (Lipinski definition) is 0. The Morgan fingerprint density at radius 2 is 0.597 bits per heavy atom. The highest BCUT2D eigenvalue weighted by atomic mass is 16.6. The molecular formula is C66H114O6. The first kappa shape index (κ1) is 68.6. The zero-order chi connectivity index (χ0) is 52.2. The monoisotopic (exact) mass is 1000 g/mol. The first-order valence-corrected chi connectivity index (χ1v) is 30.6. The van der Waals surface area contributed by atoms with Crippen LogP contribution in [0.15, 0.2) is 85.1 Å². The van der Waals surface area contributed by atoms with Gasteiger partial charge in [0.15, 0.2) is 6.10 Å². The Labute approximate surface area is 445 Å². The van der Waals surface area contributed by atoms with E-state index in [1.807, 2.05) is 6.08 Å². The fourth-order valence-corrected chi connectivity index (χ4v) is 8.61. The molecule has 6 heteroatoms. The molecule has 0 aliphatic carbocycles. The molecule has 0 aliphatic heterocycles. The van der Waals surface area contributed by atoms with Crippen LogP contribution in [-0.4, -0.2) is 37.2 Å². The minimum atomic E-state index is -0.818. The van der Waals surface area contributed by atoms with Crippen molar-refractivity contribution in [3.05, 3.63) is 85.1 Å². The molecule has 0 aromatic rings. The molecule has 72 heavy (non-hydrogen) atoms. The molecular weight excluding hydrogens is 889 g/mol. The molecule has 1 unspecified atom stereocenters. The van der Waals surface area contributed by atoms with Crippen LogP contribution in [0.5, 0.6) is 0 Å². The van der Waals surface area contributed by atoms with Gasteiger partial charge in [0, 0.05) is 12.8 Å². The van der Waals surface area contributed by atoms with Gasteiger partial charge in [-0.25, -0.2) is 0 Å². The molecule has 0 spiro atoms. The third-order valence-electron chi connectivity index (χ3n) is 13.2. The molecule has 414 valence electrons. The van der Waals surface area contributed by atoms with Crippen LogP contribution in [0, 0.1) is 0 Å². The highest BCUT2D eigenvalue weighted by Gasteiger charge is 2.19. The number of carbonyl (C=O) groups excluding carboxylic acids is 3. The molecule has 0 radical (unpaired) electrons. The van der Waals surface area contributed by atoms with Gasteiger partial charge in [-0.1, -0.05) is 286 Å². The van der Waals surface area contributed by atoms with Crippen LogP contribution in [0.25, 0.3) is 0 Å². The third-order valence-corrected chi connectivity index (χ3v) is 13.2. The van der Waals surface area contributed by atoms with Crippen LogP contribution in [0.3, 0.4) is 0 Å². The predicted molar refractivity (Wildman–Crippen MR) is 311 cm³/mol. The van der Waals surface area contributed by atoms with Gasteiger partial charge in [0.25, 0.3) is 0 Å². The number of unbranched alkanes of at least 4 members (excludes halogenated alkanes) is 31. The van der Waals surface area contributed by atoms with Crippen molar-refractivity contribution >= 4 is 17.9 Å². The van der Waals surface area contributed by atoms with Gasteiger partial charge < -0.3 is 14.2 Å². The van der Waals surface area contributed by atoms with E-state index < -0.39 is 12.1 Å². The van der Waals surface area contributed by atoms with Crippen molar-refractivity contribution in [1.82, 2.24) is 0 Å². The van der Waals surface area contributed by atoms with Crippen molar-refractivity contribution in [2.45, 2.75) is 303 Å². The number of rotatable bonds is 55. The second-order valence-electron chi connectivity index (χ2n) is 20.3. The number of allylic oxidation sites excluding steroid dienone is 13. The van der Waals surface area contributed by atoms with E-state index in [1.165, 1.54) is 180 Å². The summed E-state index contributed by atoms with van der Waals surface area (Å²) in [5.74, 6) is -1.03. The molecule has 0 amide bonds. The standard InChI is InChI=1S/C66H114O6/c1-4-7-10-13-16-19-22-25-28-30-32-34-35-38-41-44-47-50-53-56-59-65(68)71-62-63(61-70-64(67)58-55-52-49-46-43-40-37-27-24-21-18-15-12-9-6-3)72-66(69)60-57-54-51-48-45-42-39-36-33-31-29-26-23-20-17-14-11-8-5-2/h9,12,17-18,20-21,26-27,29,37,43,46,52,55,63H,4-8,10-11,13-16,19,22-25,28,30-36,38-42,44-45,47-51,53-54,56-62H2,1-3H3/b12-9-,20-17-,21-18-,29-26-,37-27-,46-43-,55-52-. The molecule has 0 N–H and O–H groups in total. The molecule has 6 nitrogen and oxygen atoms in total. The SMILES string of the molecule is CC/C=C\C/C=C\C/C=C\C/C=C\C/C=C\CC(=O)OCC(COC(=O)CCCCCCCCCCCCCCCCCCCCCC)OC(=O)CCCCCCCCCCC/C=C\C/C=C\CCCCC. The van der Waals surface area contributed by atoms with Crippen molar-refractivity contribution in [2.24, 2.45) is 0 Å². The van der Waals surface area contributed by atoms with Crippen molar-refractivity contribution in [1.29, 1.82) is 0 Å². The average Bonchev–Trinajstić information content (AvgIpc) is 3.38. The van der Waals surface area contributed by atoms with Crippen LogP contribution in [0.2, 0.25) is 0 Å². The summed E-state index contributed by atoms with van der Waals surface area (Å²) < 4.78 is 16.8. The summed E-state index contributed by atoms with van der Waals surface area (Å²) in [5, 5.41) is 0. The molecule has 0 heterocycles. The normalized spacial score (nSPS) is 12.7. The minimum absolute atomic E-state index is 0.106. The lowest BCUT2D eigenvalue weighted by molar-refractivity contribution is -0.166. The number of carbonyl (C=O) groups is 3. The summed E-state index contributed by atoms with van der Waals surface area (Å²) in [7, 11) is 0. The van der Waals surface area contributed by atoms with Crippen molar-refractivity contribution in [2.75, 3.05) is 13.2 Å². The predicted octanol–water partition coefficient (Wildman–Crippen LogP) is 20.7. The van der Waals surface area contributed by atoms with E-state index in [2.05, 4.69) is 93.7 Å². The van der Waals surface area contributed by atoms with Crippen LogP contribution in [-0.2, 0) is 28.6 Å². The van der Waals surface area contributed by atoms with Gasteiger partial charge in [0.2, 0.25) is 0 Å². The van der Waals surface area contributed by atoms with Crippen molar-refractivity contribution < 1.29 is 28.6 Å². The van der Waals surface area contributed by atoms with E-state index in [4.69, 9.17) is 14.2 Å². The minimum Gasteiger partial charge on any atom is -0.462 e. The van der Waals surface area contributed by atoms with Crippen molar-refractivity contribution in [3.8, 4) is 0 Å². The Morgan fingerprint density at radius 1 is 0.306 bits per heavy atom. The molecule has 0 rings (SSSR count). The van der Waals surface area contributed by atoms with Crippen molar-refractivity contribution in [3.63, 3.8) is 0 Å². The topological polar surface area (TPSA) is 78.9 Å². The highest BCUT2D eigenvalue weighted by molar-refractivity contribution is 5.72. The zero-order valence-electron chi connectivity index (χ0n) is 47.4. The van der Waals surface area contributed by atoms with Crippen LogP contribution in [0.1, 0.15) is 297 Å². The molecule has 0 saturated heterocycles. The maximum atomic E-state index is 12.9. The summed E-state index contributed by atoms with van der Waals surface area (Å²) in [6, 6.07) is 0. The molecule has 0 bridgehead atoms. The summed E-state index contributed by atoms with van der Waals surface area (Å²) in [4.78, 5) is 38.2. The Bertz CT molecular complexity index is 1380. The van der Waals surface area contributed by atoms with E-state index in [9.17, 15) is 14.4 Å². The fraction of sp³-hybridized carbons (Fsp3) is 0.742. The zero-order valence-corrected chi connectivity index (χ0v) is 47.4. The fourth-order valence-electron chi connectivity index (χ4n) is 8.61. The summed E-state index contributed by atoms with van der Waals surface area (Å²) >= 11 is 0. The van der Waals surface area contributed by atoms with Crippen LogP contribution >= 0.6 is 0 Å². The quantitative estimate of drug-likeness (QED) is 0.0261. The first-order valence-electron chi connectivity index (χ1n) is 30.6. The molecule has 0 aliphatic rings. The summed E-state index contributed by atoms with van der Waals surface area (Å²) in [6.45, 7) is 6.44. The molecule has 0 saturated carbocycles. The lowest BCUT2D eigenvalue weighted by Gasteiger charge is -2.18. The van der Waals surface area contributed by atoms with Crippen LogP contribution in [0.4, 0.5) is 0 Å². The average molecular weight is 1000 g/mol. The Balaban J connectivity index is 4.43. The molecule has 0 aromatic heterocycles. The maximum Gasteiger partial charge on any atom is 0.309 e. The van der Waals surface area contributed by atoms with Crippen LogP contribution < -0.4 is 0 Å². The third kappa shape index (κ3) is 57.5. The highest BCUT2D eigenvalue weighted by Crippen LogP contribution is 2.17. The Hall–Kier alpha value is -3.41.